The molecule has 0 aromatic carbocycles. The summed E-state index contributed by atoms with van der Waals surface area (Å²) in [5.41, 5.74) is -0.0117. The van der Waals surface area contributed by atoms with Crippen LogP contribution < -0.4 is 5.56 Å². The van der Waals surface area contributed by atoms with E-state index < -0.39 is 11.6 Å². The van der Waals surface area contributed by atoms with Crippen molar-refractivity contribution in [2.75, 3.05) is 19.7 Å². The molecule has 1 aliphatic rings. The summed E-state index contributed by atoms with van der Waals surface area (Å²) < 4.78 is 10.4. The number of aromatic nitrogens is 2. The third-order valence-corrected chi connectivity index (χ3v) is 5.29. The lowest BCUT2D eigenvalue weighted by Crippen LogP contribution is -2.38. The Morgan fingerprint density at radius 2 is 1.96 bits per heavy atom. The van der Waals surface area contributed by atoms with Crippen LogP contribution in [0.1, 0.15) is 48.8 Å². The summed E-state index contributed by atoms with van der Waals surface area (Å²) in [7, 11) is 0. The van der Waals surface area contributed by atoms with Crippen molar-refractivity contribution in [1.29, 1.82) is 0 Å². The first-order chi connectivity index (χ1) is 12.7. The fourth-order valence-electron chi connectivity index (χ4n) is 2.98. The number of hydrogen-bond donors (Lipinski definition) is 1. The molecule has 1 amide bonds. The number of carbonyl (C=O) groups excluding carboxylic acids is 2. The van der Waals surface area contributed by atoms with Gasteiger partial charge in [-0.2, -0.15) is 0 Å². The molecule has 146 valence electrons. The topological polar surface area (TPSA) is 102 Å². The second-order valence-electron chi connectivity index (χ2n) is 7.29. The van der Waals surface area contributed by atoms with Crippen molar-refractivity contribution in [2.45, 2.75) is 46.1 Å². The number of carbonyl (C=O) groups is 2. The number of esters is 1. The van der Waals surface area contributed by atoms with Gasteiger partial charge in [0.2, 0.25) is 5.82 Å². The minimum atomic E-state index is -0.642. The highest BCUT2D eigenvalue weighted by Crippen LogP contribution is 2.31. The van der Waals surface area contributed by atoms with Gasteiger partial charge in [0.15, 0.2) is 0 Å². The Hall–Kier alpha value is -2.42. The van der Waals surface area contributed by atoms with Crippen molar-refractivity contribution in [2.24, 2.45) is 0 Å². The molecule has 3 heterocycles. The van der Waals surface area contributed by atoms with E-state index in [9.17, 15) is 14.4 Å². The summed E-state index contributed by atoms with van der Waals surface area (Å²) in [4.78, 5) is 46.7. The average molecular weight is 393 g/mol. The number of fused-ring (bicyclic) bond motifs is 3. The zero-order chi connectivity index (χ0) is 19.8. The van der Waals surface area contributed by atoms with E-state index in [1.54, 1.807) is 11.8 Å². The van der Waals surface area contributed by atoms with E-state index in [0.29, 0.717) is 36.1 Å². The molecule has 27 heavy (non-hydrogen) atoms. The molecule has 9 heteroatoms. The maximum absolute atomic E-state index is 12.6. The Morgan fingerprint density at radius 1 is 1.26 bits per heavy atom. The van der Waals surface area contributed by atoms with Gasteiger partial charge in [-0.1, -0.05) is 0 Å². The molecule has 2 aromatic heterocycles. The molecule has 0 unspecified atom stereocenters. The zero-order valence-electron chi connectivity index (χ0n) is 15.9. The molecule has 0 aliphatic carbocycles. The molecule has 0 atom stereocenters. The molecule has 0 saturated heterocycles. The third-order valence-electron chi connectivity index (χ3n) is 4.11. The number of amides is 1. The molecule has 0 saturated carbocycles. The van der Waals surface area contributed by atoms with Crippen LogP contribution in [0.5, 0.6) is 0 Å². The van der Waals surface area contributed by atoms with Crippen LogP contribution in [0.25, 0.3) is 10.2 Å². The molecule has 0 radical (unpaired) electrons. The number of H-pyrrole nitrogens is 1. The number of nitrogens with zero attached hydrogens (tertiary/aromatic N) is 2. The van der Waals surface area contributed by atoms with Crippen molar-refractivity contribution in [3.63, 3.8) is 0 Å². The number of hydrogen-bond acceptors (Lipinski definition) is 7. The number of ether oxygens (including phenoxy) is 2. The van der Waals surface area contributed by atoms with Crippen molar-refractivity contribution >= 4 is 33.6 Å². The number of thiophene rings is 1. The second-order valence-corrected chi connectivity index (χ2v) is 8.37. The van der Waals surface area contributed by atoms with Crippen LogP contribution >= 0.6 is 11.3 Å². The second kappa shape index (κ2) is 7.30. The monoisotopic (exact) mass is 393 g/mol. The first-order valence-electron chi connectivity index (χ1n) is 8.89. The van der Waals surface area contributed by atoms with E-state index >= 15 is 0 Å². The van der Waals surface area contributed by atoms with E-state index in [1.807, 2.05) is 20.8 Å². The predicted octanol–water partition coefficient (Wildman–Crippen LogP) is 2.50. The van der Waals surface area contributed by atoms with E-state index in [-0.39, 0.29) is 24.1 Å². The first kappa shape index (κ1) is 19.3. The van der Waals surface area contributed by atoms with Crippen LogP contribution in [-0.4, -0.2) is 52.2 Å². The van der Waals surface area contributed by atoms with Gasteiger partial charge in [-0.05, 0) is 46.1 Å². The lowest BCUT2D eigenvalue weighted by atomic mass is 10.1. The van der Waals surface area contributed by atoms with E-state index in [2.05, 4.69) is 9.97 Å². The Morgan fingerprint density at radius 3 is 2.63 bits per heavy atom. The number of aromatic amines is 1. The maximum atomic E-state index is 12.6. The summed E-state index contributed by atoms with van der Waals surface area (Å²) in [5, 5.41) is 0.495. The summed E-state index contributed by atoms with van der Waals surface area (Å²) in [6.45, 7) is 8.38. The van der Waals surface area contributed by atoms with Crippen molar-refractivity contribution in [3.05, 3.63) is 26.6 Å². The SMILES string of the molecule is CCOC(=O)c1nc2sc3c(c2c(=O)[nH]1)CCN(C(=O)OC(C)(C)C)CC3. The minimum Gasteiger partial charge on any atom is -0.460 e. The first-order valence-corrected chi connectivity index (χ1v) is 9.71. The molecule has 2 aromatic rings. The minimum absolute atomic E-state index is 0.0823. The molecular weight excluding hydrogens is 370 g/mol. The molecule has 8 nitrogen and oxygen atoms in total. The number of nitrogens with one attached hydrogen (secondary N) is 1. The quantitative estimate of drug-likeness (QED) is 0.787. The van der Waals surface area contributed by atoms with Gasteiger partial charge in [-0.15, -0.1) is 11.3 Å². The van der Waals surface area contributed by atoms with Gasteiger partial charge < -0.3 is 19.4 Å². The predicted molar refractivity (Wildman–Crippen MR) is 101 cm³/mol. The fraction of sp³-hybridized carbons (Fsp3) is 0.556. The van der Waals surface area contributed by atoms with Crippen LogP contribution in [0.3, 0.4) is 0 Å². The highest BCUT2D eigenvalue weighted by molar-refractivity contribution is 7.18. The van der Waals surface area contributed by atoms with Gasteiger partial charge >= 0.3 is 12.1 Å². The molecule has 0 bridgehead atoms. The third kappa shape index (κ3) is 4.13. The summed E-state index contributed by atoms with van der Waals surface area (Å²) >= 11 is 1.39. The lowest BCUT2D eigenvalue weighted by Gasteiger charge is -2.26. The lowest BCUT2D eigenvalue weighted by molar-refractivity contribution is 0.0258. The molecule has 0 fully saturated rings. The summed E-state index contributed by atoms with van der Waals surface area (Å²) in [5.74, 6) is -0.725. The molecule has 1 aliphatic heterocycles. The average Bonchev–Trinajstić information content (AvgIpc) is 2.78. The molecule has 3 rings (SSSR count). The Balaban J connectivity index is 1.87. The van der Waals surface area contributed by atoms with Crippen LogP contribution in [0.15, 0.2) is 4.79 Å². The smallest absolute Gasteiger partial charge is 0.410 e. The van der Waals surface area contributed by atoms with E-state index in [0.717, 1.165) is 10.4 Å². The Kier molecular flexibility index (Phi) is 5.23. The standard InChI is InChI=1S/C18H23N3O5S/c1-5-25-16(23)13-19-14(22)12-10-6-8-21(17(24)26-18(2,3)4)9-7-11(10)27-15(12)20-13/h5-9H2,1-4H3,(H,19,20,22). The fourth-order valence-corrected chi connectivity index (χ4v) is 4.19. The largest absolute Gasteiger partial charge is 0.460 e. The maximum Gasteiger partial charge on any atom is 0.410 e. The highest BCUT2D eigenvalue weighted by atomic mass is 32.1. The highest BCUT2D eigenvalue weighted by Gasteiger charge is 2.27. The van der Waals surface area contributed by atoms with Crippen LogP contribution in [0.2, 0.25) is 0 Å². The van der Waals surface area contributed by atoms with Gasteiger partial charge in [-0.25, -0.2) is 14.6 Å². The van der Waals surface area contributed by atoms with Gasteiger partial charge in [0.05, 0.1) is 12.0 Å². The van der Waals surface area contributed by atoms with E-state index in [1.165, 1.54) is 11.3 Å². The Bertz CT molecular complexity index is 941. The normalized spacial score (nSPS) is 14.6. The van der Waals surface area contributed by atoms with Gasteiger partial charge in [0, 0.05) is 18.0 Å². The summed E-state index contributed by atoms with van der Waals surface area (Å²) in [6.07, 6.45) is 0.806. The van der Waals surface area contributed by atoms with Crippen LogP contribution in [0.4, 0.5) is 4.79 Å². The molecular formula is C18H23N3O5S. The van der Waals surface area contributed by atoms with Crippen molar-refractivity contribution in [3.8, 4) is 0 Å². The zero-order valence-corrected chi connectivity index (χ0v) is 16.7. The van der Waals surface area contributed by atoms with E-state index in [4.69, 9.17) is 9.47 Å². The summed E-state index contributed by atoms with van der Waals surface area (Å²) in [6, 6.07) is 0. The van der Waals surface area contributed by atoms with Crippen molar-refractivity contribution < 1.29 is 19.1 Å². The van der Waals surface area contributed by atoms with Crippen LogP contribution in [0, 0.1) is 0 Å². The van der Waals surface area contributed by atoms with Gasteiger partial charge in [0.1, 0.15) is 10.4 Å². The van der Waals surface area contributed by atoms with Gasteiger partial charge in [-0.3, -0.25) is 4.79 Å². The van der Waals surface area contributed by atoms with Crippen molar-refractivity contribution in [1.82, 2.24) is 14.9 Å². The van der Waals surface area contributed by atoms with Crippen LogP contribution in [-0.2, 0) is 22.3 Å². The molecule has 1 N–H and O–H groups in total. The number of rotatable bonds is 2. The molecule has 0 spiro atoms. The van der Waals surface area contributed by atoms with Gasteiger partial charge in [0.25, 0.3) is 5.56 Å². The Labute approximate surface area is 160 Å².